The second kappa shape index (κ2) is 6.88. The molecule has 1 saturated heterocycles. The third-order valence-corrected chi connectivity index (χ3v) is 3.16. The quantitative estimate of drug-likeness (QED) is 0.246. The predicted molar refractivity (Wildman–Crippen MR) is 58.9 cm³/mol. The first-order chi connectivity index (χ1) is 8.81. The van der Waals surface area contributed by atoms with E-state index < -0.39 is 55.4 Å². The van der Waals surface area contributed by atoms with Gasteiger partial charge in [0.15, 0.2) is 0 Å². The van der Waals surface area contributed by atoms with E-state index in [4.69, 9.17) is 14.9 Å². The lowest BCUT2D eigenvalue weighted by Gasteiger charge is -2.39. The molecule has 9 nitrogen and oxygen atoms in total. The number of aliphatic hydroxyl groups is 8. The summed E-state index contributed by atoms with van der Waals surface area (Å²) < 4.78 is 4.89. The fourth-order valence-corrected chi connectivity index (χ4v) is 1.86. The van der Waals surface area contributed by atoms with E-state index in [1.54, 1.807) is 0 Å². The van der Waals surface area contributed by atoms with Crippen molar-refractivity contribution in [3.63, 3.8) is 0 Å². The van der Waals surface area contributed by atoms with Crippen LogP contribution in [-0.4, -0.2) is 103 Å². The standard InChI is InChI=1S/C10H20O9/c11-1-3(12)5(14)7(16)9(18)10-8(17)6(15)4(13)2-19-10/h3-18H,1-2H2/t3-,4-,5+,6-,7+,8+,9+,10+/m1/s1. The van der Waals surface area contributed by atoms with Crippen LogP contribution in [0.2, 0.25) is 0 Å². The van der Waals surface area contributed by atoms with Crippen molar-refractivity contribution in [3.8, 4) is 0 Å². The molecule has 8 atom stereocenters. The molecule has 1 aliphatic rings. The molecule has 0 aromatic heterocycles. The molecule has 0 radical (unpaired) electrons. The highest BCUT2D eigenvalue weighted by Crippen LogP contribution is 2.21. The first-order valence-corrected chi connectivity index (χ1v) is 5.80. The van der Waals surface area contributed by atoms with Gasteiger partial charge in [0.25, 0.3) is 0 Å². The molecule has 0 aromatic rings. The second-order valence-electron chi connectivity index (χ2n) is 4.57. The van der Waals surface area contributed by atoms with Crippen molar-refractivity contribution in [3.05, 3.63) is 0 Å². The molecule has 9 heteroatoms. The molecule has 1 aliphatic heterocycles. The molecule has 0 saturated carbocycles. The van der Waals surface area contributed by atoms with Gasteiger partial charge in [0.1, 0.15) is 48.8 Å². The molecule has 0 unspecified atom stereocenters. The van der Waals surface area contributed by atoms with Crippen LogP contribution in [0.4, 0.5) is 0 Å². The smallest absolute Gasteiger partial charge is 0.115 e. The Kier molecular flexibility index (Phi) is 6.05. The van der Waals surface area contributed by atoms with E-state index in [1.165, 1.54) is 0 Å². The van der Waals surface area contributed by atoms with Crippen LogP contribution in [-0.2, 0) is 4.74 Å². The zero-order valence-electron chi connectivity index (χ0n) is 10.0. The molecule has 0 spiro atoms. The molecule has 0 aromatic carbocycles. The fraction of sp³-hybridized carbons (Fsp3) is 1.00. The largest absolute Gasteiger partial charge is 0.394 e. The van der Waals surface area contributed by atoms with Gasteiger partial charge in [-0.3, -0.25) is 0 Å². The molecule has 1 rings (SSSR count). The first kappa shape index (κ1) is 16.7. The van der Waals surface area contributed by atoms with E-state index in [9.17, 15) is 30.6 Å². The van der Waals surface area contributed by atoms with Crippen LogP contribution in [0.1, 0.15) is 0 Å². The van der Waals surface area contributed by atoms with E-state index in [0.29, 0.717) is 0 Å². The first-order valence-electron chi connectivity index (χ1n) is 5.80. The van der Waals surface area contributed by atoms with Gasteiger partial charge in [0, 0.05) is 0 Å². The Labute approximate surface area is 108 Å². The summed E-state index contributed by atoms with van der Waals surface area (Å²) in [7, 11) is 0. The summed E-state index contributed by atoms with van der Waals surface area (Å²) in [5.41, 5.74) is 0. The highest BCUT2D eigenvalue weighted by molar-refractivity contribution is 4.94. The molecule has 114 valence electrons. The van der Waals surface area contributed by atoms with Gasteiger partial charge in [0.2, 0.25) is 0 Å². The normalized spacial score (nSPS) is 38.5. The van der Waals surface area contributed by atoms with Crippen molar-refractivity contribution in [2.75, 3.05) is 13.2 Å². The molecule has 19 heavy (non-hydrogen) atoms. The minimum Gasteiger partial charge on any atom is -0.394 e. The Balaban J connectivity index is 2.68. The summed E-state index contributed by atoms with van der Waals surface area (Å²) in [5.74, 6) is 0. The maximum absolute atomic E-state index is 9.75. The van der Waals surface area contributed by atoms with E-state index >= 15 is 0 Å². The summed E-state index contributed by atoms with van der Waals surface area (Å²) in [4.78, 5) is 0. The topological polar surface area (TPSA) is 171 Å². The monoisotopic (exact) mass is 284 g/mol. The van der Waals surface area contributed by atoms with Crippen LogP contribution in [0.25, 0.3) is 0 Å². The van der Waals surface area contributed by atoms with Crippen molar-refractivity contribution in [2.24, 2.45) is 0 Å². The lowest BCUT2D eigenvalue weighted by molar-refractivity contribution is -0.232. The lowest BCUT2D eigenvalue weighted by Crippen LogP contribution is -2.61. The third kappa shape index (κ3) is 3.60. The summed E-state index contributed by atoms with van der Waals surface area (Å²) in [6, 6.07) is 0. The number of hydrogen-bond acceptors (Lipinski definition) is 9. The van der Waals surface area contributed by atoms with Gasteiger partial charge in [0.05, 0.1) is 13.2 Å². The van der Waals surface area contributed by atoms with Crippen molar-refractivity contribution < 1.29 is 45.6 Å². The summed E-state index contributed by atoms with van der Waals surface area (Å²) in [6.45, 7) is -1.20. The molecule has 8 N–H and O–H groups in total. The zero-order chi connectivity index (χ0) is 14.7. The minimum absolute atomic E-state index is 0.370. The second-order valence-corrected chi connectivity index (χ2v) is 4.57. The van der Waals surface area contributed by atoms with Gasteiger partial charge in [-0.2, -0.15) is 0 Å². The predicted octanol–water partition coefficient (Wildman–Crippen LogP) is -5.10. The average Bonchev–Trinajstić information content (AvgIpc) is 2.41. The van der Waals surface area contributed by atoms with Crippen LogP contribution < -0.4 is 0 Å². The van der Waals surface area contributed by atoms with Crippen molar-refractivity contribution in [1.82, 2.24) is 0 Å². The van der Waals surface area contributed by atoms with Crippen LogP contribution in [0.3, 0.4) is 0 Å². The van der Waals surface area contributed by atoms with Crippen LogP contribution in [0.5, 0.6) is 0 Å². The molecule has 0 bridgehead atoms. The Morgan fingerprint density at radius 2 is 1.53 bits per heavy atom. The number of hydrogen-bond donors (Lipinski definition) is 8. The Hall–Kier alpha value is -0.360. The van der Waals surface area contributed by atoms with Crippen LogP contribution in [0, 0.1) is 0 Å². The Morgan fingerprint density at radius 1 is 0.947 bits per heavy atom. The summed E-state index contributed by atoms with van der Waals surface area (Å²) >= 11 is 0. The molecular formula is C10H20O9. The van der Waals surface area contributed by atoms with E-state index in [1.807, 2.05) is 0 Å². The van der Waals surface area contributed by atoms with Crippen LogP contribution >= 0.6 is 0 Å². The van der Waals surface area contributed by atoms with Gasteiger partial charge in [-0.05, 0) is 0 Å². The molecule has 0 amide bonds. The maximum atomic E-state index is 9.75. The Morgan fingerprint density at radius 3 is 2.05 bits per heavy atom. The summed E-state index contributed by atoms with van der Waals surface area (Å²) in [6.07, 6.45) is -13.3. The van der Waals surface area contributed by atoms with E-state index in [0.717, 1.165) is 0 Å². The van der Waals surface area contributed by atoms with Gasteiger partial charge in [-0.15, -0.1) is 0 Å². The highest BCUT2D eigenvalue weighted by Gasteiger charge is 2.45. The SMILES string of the molecule is OC[C@@H](O)[C@H](O)[C@H](O)[C@H](O)[C@H]1OC[C@@H](O)[C@@H](O)[C@@H]1O. The van der Waals surface area contributed by atoms with Crippen molar-refractivity contribution in [2.45, 2.75) is 48.8 Å². The zero-order valence-corrected chi connectivity index (χ0v) is 10.0. The lowest BCUT2D eigenvalue weighted by atomic mass is 9.91. The van der Waals surface area contributed by atoms with Gasteiger partial charge < -0.3 is 45.6 Å². The molecule has 1 fully saturated rings. The van der Waals surface area contributed by atoms with Gasteiger partial charge in [-0.1, -0.05) is 0 Å². The minimum atomic E-state index is -1.91. The maximum Gasteiger partial charge on any atom is 0.115 e. The highest BCUT2D eigenvalue weighted by atomic mass is 16.5. The Bertz CT molecular complexity index is 276. The van der Waals surface area contributed by atoms with Crippen molar-refractivity contribution >= 4 is 0 Å². The van der Waals surface area contributed by atoms with Gasteiger partial charge in [-0.25, -0.2) is 0 Å². The molecule has 1 heterocycles. The van der Waals surface area contributed by atoms with Crippen LogP contribution in [0.15, 0.2) is 0 Å². The number of ether oxygens (including phenoxy) is 1. The number of rotatable bonds is 5. The molecular weight excluding hydrogens is 264 g/mol. The van der Waals surface area contributed by atoms with Gasteiger partial charge >= 0.3 is 0 Å². The third-order valence-electron chi connectivity index (χ3n) is 3.16. The average molecular weight is 284 g/mol. The molecule has 0 aliphatic carbocycles. The van der Waals surface area contributed by atoms with E-state index in [2.05, 4.69) is 0 Å². The van der Waals surface area contributed by atoms with Crippen molar-refractivity contribution in [1.29, 1.82) is 0 Å². The summed E-state index contributed by atoms with van der Waals surface area (Å²) in [5, 5.41) is 74.8. The fourth-order valence-electron chi connectivity index (χ4n) is 1.86. The number of aliphatic hydroxyl groups excluding tert-OH is 8. The van der Waals surface area contributed by atoms with E-state index in [-0.39, 0.29) is 6.61 Å².